The fourth-order valence-corrected chi connectivity index (χ4v) is 9.71. The van der Waals surface area contributed by atoms with Crippen LogP contribution in [0.4, 0.5) is 0 Å². The smallest absolute Gasteiger partial charge is 0.164 e. The molecule has 14 rings (SSSR count). The largest absolute Gasteiger partial charge is 0.313 e. The quantitative estimate of drug-likeness (QED) is 0.124. The average molecular weight is 939 g/mol. The van der Waals surface area contributed by atoms with Crippen molar-refractivity contribution in [2.45, 2.75) is 0 Å². The Balaban J connectivity index is 0.000000157. The summed E-state index contributed by atoms with van der Waals surface area (Å²) in [7, 11) is 3.98. The van der Waals surface area contributed by atoms with Gasteiger partial charge < -0.3 is 9.13 Å². The SMILES string of the molecule is Cn1c2nc3nc(nc4c5ccccc5c(nc5nc(nc1c1ccccc12)-c1ccccc1-5)n4C)-c1ccccc1-3.[Cu].c1ccc(-c2ccnc3c2ccc2c(-c4ccccc4)ccnc23)cc1. The predicted octanol–water partition coefficient (Wildman–Crippen LogP) is 13.0. The van der Waals surface area contributed by atoms with Gasteiger partial charge in [-0.15, -0.1) is 0 Å². The normalized spacial score (nSPS) is 11.5. The topological polar surface area (TPSA) is 113 Å². The molecule has 0 saturated carbocycles. The van der Waals surface area contributed by atoms with Crippen molar-refractivity contribution >= 4 is 65.9 Å². The summed E-state index contributed by atoms with van der Waals surface area (Å²) in [5.41, 5.74) is 13.5. The first kappa shape index (κ1) is 41.7. The third-order valence-corrected chi connectivity index (χ3v) is 13.0. The van der Waals surface area contributed by atoms with E-state index in [0.717, 1.165) is 88.2 Å². The maximum absolute atomic E-state index is 5.16. The van der Waals surface area contributed by atoms with Gasteiger partial charge in [0.2, 0.25) is 0 Å². The van der Waals surface area contributed by atoms with Crippen LogP contribution in [0.15, 0.2) is 194 Å². The van der Waals surface area contributed by atoms with E-state index in [9.17, 15) is 0 Å². The Kier molecular flexibility index (Phi) is 10.2. The summed E-state index contributed by atoms with van der Waals surface area (Å²) in [4.78, 5) is 40.0. The van der Waals surface area contributed by atoms with Crippen LogP contribution in [0.2, 0.25) is 0 Å². The summed E-state index contributed by atoms with van der Waals surface area (Å²) >= 11 is 0. The van der Waals surface area contributed by atoms with Crippen LogP contribution < -0.4 is 0 Å². The number of fused-ring (bicyclic) bond motifs is 23. The molecular formula is C58H38CuN10. The van der Waals surface area contributed by atoms with Crippen molar-refractivity contribution in [3.05, 3.63) is 194 Å². The maximum atomic E-state index is 5.16. The Morgan fingerprint density at radius 3 is 0.884 bits per heavy atom. The molecule has 2 aliphatic rings. The molecule has 8 bridgehead atoms. The minimum atomic E-state index is 0. The number of pyridine rings is 2. The Hall–Kier alpha value is -8.76. The molecule has 0 spiro atoms. The molecule has 331 valence electrons. The molecule has 0 atom stereocenters. The second kappa shape index (κ2) is 16.8. The van der Waals surface area contributed by atoms with Crippen LogP contribution in [0.5, 0.6) is 0 Å². The first-order valence-corrected chi connectivity index (χ1v) is 22.5. The average Bonchev–Trinajstić information content (AvgIpc) is 4.09. The first-order chi connectivity index (χ1) is 33.6. The van der Waals surface area contributed by atoms with Crippen molar-refractivity contribution in [1.82, 2.24) is 49.0 Å². The molecule has 7 aromatic carbocycles. The van der Waals surface area contributed by atoms with Gasteiger partial charge >= 0.3 is 0 Å². The van der Waals surface area contributed by atoms with Crippen molar-refractivity contribution in [2.24, 2.45) is 14.1 Å². The predicted molar refractivity (Wildman–Crippen MR) is 273 cm³/mol. The molecule has 12 aromatic rings. The van der Waals surface area contributed by atoms with Gasteiger partial charge in [-0.1, -0.05) is 170 Å². The van der Waals surface area contributed by atoms with Crippen LogP contribution in [0.3, 0.4) is 0 Å². The van der Waals surface area contributed by atoms with E-state index in [-0.39, 0.29) is 17.1 Å². The zero-order valence-electron chi connectivity index (χ0n) is 37.2. The molecule has 11 heteroatoms. The van der Waals surface area contributed by atoms with Crippen LogP contribution >= 0.6 is 0 Å². The number of hydrogen-bond donors (Lipinski definition) is 0. The Morgan fingerprint density at radius 1 is 0.275 bits per heavy atom. The van der Waals surface area contributed by atoms with Gasteiger partial charge in [-0.3, -0.25) is 9.97 Å². The van der Waals surface area contributed by atoms with Crippen LogP contribution in [0.1, 0.15) is 0 Å². The second-order valence-corrected chi connectivity index (χ2v) is 16.9. The fraction of sp³-hybridized carbons (Fsp3) is 0.0345. The molecule has 0 unspecified atom stereocenters. The van der Waals surface area contributed by atoms with Gasteiger partial charge in [-0.05, 0) is 34.4 Å². The van der Waals surface area contributed by atoms with Gasteiger partial charge in [0.1, 0.15) is 22.6 Å². The van der Waals surface area contributed by atoms with Crippen LogP contribution in [-0.2, 0) is 31.2 Å². The van der Waals surface area contributed by atoms with E-state index in [4.69, 9.17) is 29.9 Å². The number of aromatic nitrogens is 10. The molecule has 0 N–H and O–H groups in total. The molecule has 7 heterocycles. The number of rotatable bonds is 2. The van der Waals surface area contributed by atoms with Crippen molar-refractivity contribution in [3.8, 4) is 67.8 Å². The molecule has 0 saturated heterocycles. The Bertz CT molecular complexity index is 3760. The molecule has 2 aliphatic heterocycles. The van der Waals surface area contributed by atoms with Crippen molar-refractivity contribution in [2.75, 3.05) is 0 Å². The number of aryl methyl sites for hydroxylation is 2. The van der Waals surface area contributed by atoms with Crippen LogP contribution in [0.25, 0.3) is 134 Å². The van der Waals surface area contributed by atoms with E-state index >= 15 is 0 Å². The van der Waals surface area contributed by atoms with E-state index in [0.29, 0.717) is 23.3 Å². The van der Waals surface area contributed by atoms with Crippen molar-refractivity contribution < 1.29 is 17.1 Å². The minimum absolute atomic E-state index is 0. The van der Waals surface area contributed by atoms with E-state index in [1.807, 2.05) is 96.3 Å². The van der Waals surface area contributed by atoms with Gasteiger partial charge in [0, 0.05) is 98.1 Å². The molecule has 69 heavy (non-hydrogen) atoms. The molecule has 10 nitrogen and oxygen atoms in total. The Labute approximate surface area is 406 Å². The van der Waals surface area contributed by atoms with Gasteiger partial charge in [0.25, 0.3) is 0 Å². The van der Waals surface area contributed by atoms with Crippen LogP contribution in [0, 0.1) is 0 Å². The number of hydrogen-bond acceptors (Lipinski definition) is 8. The summed E-state index contributed by atoms with van der Waals surface area (Å²) in [5, 5.41) is 6.23. The molecule has 0 aliphatic carbocycles. The van der Waals surface area contributed by atoms with E-state index < -0.39 is 0 Å². The van der Waals surface area contributed by atoms with Gasteiger partial charge in [-0.25, -0.2) is 29.9 Å². The second-order valence-electron chi connectivity index (χ2n) is 16.9. The number of nitrogens with zero attached hydrogens (tertiary/aromatic N) is 10. The minimum Gasteiger partial charge on any atom is -0.313 e. The van der Waals surface area contributed by atoms with Crippen molar-refractivity contribution in [3.63, 3.8) is 0 Å². The summed E-state index contributed by atoms with van der Waals surface area (Å²) in [6.45, 7) is 0. The van der Waals surface area contributed by atoms with Crippen molar-refractivity contribution in [1.29, 1.82) is 0 Å². The third-order valence-electron chi connectivity index (χ3n) is 13.0. The van der Waals surface area contributed by atoms with Crippen LogP contribution in [-0.4, -0.2) is 49.0 Å². The summed E-state index contributed by atoms with van der Waals surface area (Å²) in [6, 6.07) is 62.0. The molecular weight excluding hydrogens is 900 g/mol. The molecule has 5 aromatic heterocycles. The van der Waals surface area contributed by atoms with Gasteiger partial charge in [-0.2, -0.15) is 0 Å². The third kappa shape index (κ3) is 6.86. The number of benzene rings is 7. The fourth-order valence-electron chi connectivity index (χ4n) is 9.71. The first-order valence-electron chi connectivity index (χ1n) is 22.5. The maximum Gasteiger partial charge on any atom is 0.164 e. The zero-order valence-corrected chi connectivity index (χ0v) is 38.2. The standard InChI is InChI=1S/C34H22N8.C24H16N2.Cu/c1-41-31-23-15-7-8-16-24(23)32(41)38-28-20-12-4-6-14-22(20)30(36-28)40-34-26-18-10-9-17-25(26)33(42(34)2)39-29-21-13-5-3-11-19(21)27(35-29)37-31;1-3-7-17(8-4-1)19-13-15-25-23-21(19)11-12-22-20(14-16-26-24(22)23)18-9-5-2-6-10-18;/h3-18H,1-2H3;1-16H;. The summed E-state index contributed by atoms with van der Waals surface area (Å²) < 4.78 is 4.04. The monoisotopic (exact) mass is 937 g/mol. The van der Waals surface area contributed by atoms with E-state index in [2.05, 4.69) is 131 Å². The van der Waals surface area contributed by atoms with Gasteiger partial charge in [0.15, 0.2) is 23.3 Å². The molecule has 1 radical (unpaired) electrons. The van der Waals surface area contributed by atoms with Gasteiger partial charge in [0.05, 0.1) is 11.0 Å². The summed E-state index contributed by atoms with van der Waals surface area (Å²) in [6.07, 6.45) is 3.75. The summed E-state index contributed by atoms with van der Waals surface area (Å²) in [5.74, 6) is 2.49. The van der Waals surface area contributed by atoms with E-state index in [1.165, 1.54) is 22.3 Å². The molecule has 0 amide bonds. The zero-order chi connectivity index (χ0) is 45.3. The molecule has 0 fully saturated rings. The van der Waals surface area contributed by atoms with E-state index in [1.54, 1.807) is 0 Å². The Morgan fingerprint density at radius 2 is 0.565 bits per heavy atom.